The van der Waals surface area contributed by atoms with Crippen molar-refractivity contribution < 1.29 is 27.9 Å². The lowest BCUT2D eigenvalue weighted by atomic mass is 9.80. The van der Waals surface area contributed by atoms with Gasteiger partial charge in [0.1, 0.15) is 0 Å². The summed E-state index contributed by atoms with van der Waals surface area (Å²) in [5.41, 5.74) is -0.0272. The number of anilines is 1. The Bertz CT molecular complexity index is 1070. The summed E-state index contributed by atoms with van der Waals surface area (Å²) in [6, 6.07) is 14.2. The summed E-state index contributed by atoms with van der Waals surface area (Å²) in [4.78, 5) is 27.1. The van der Waals surface area contributed by atoms with Crippen LogP contribution in [0.1, 0.15) is 53.1 Å². The van der Waals surface area contributed by atoms with Crippen molar-refractivity contribution in [3.8, 4) is 0 Å². The second-order valence-electron chi connectivity index (χ2n) is 9.73. The van der Waals surface area contributed by atoms with E-state index in [9.17, 15) is 22.8 Å². The van der Waals surface area contributed by atoms with Gasteiger partial charge in [-0.3, -0.25) is 14.5 Å². The molecule has 0 atom stereocenters. The van der Waals surface area contributed by atoms with E-state index >= 15 is 0 Å². The van der Waals surface area contributed by atoms with Crippen molar-refractivity contribution in [1.82, 2.24) is 15.5 Å². The molecule has 0 bridgehead atoms. The number of aliphatic hydroxyl groups excluding tert-OH is 1. The number of rotatable bonds is 9. The highest BCUT2D eigenvalue weighted by atomic mass is 19.4. The zero-order chi connectivity index (χ0) is 26.4. The van der Waals surface area contributed by atoms with E-state index in [0.29, 0.717) is 12.0 Å². The van der Waals surface area contributed by atoms with Crippen LogP contribution in [0, 0.1) is 0 Å². The Morgan fingerprint density at radius 1 is 1.00 bits per heavy atom. The van der Waals surface area contributed by atoms with Crippen molar-refractivity contribution in [2.24, 2.45) is 0 Å². The average molecular weight is 519 g/mol. The van der Waals surface area contributed by atoms with Crippen molar-refractivity contribution in [3.63, 3.8) is 0 Å². The number of carbonyl (C=O) groups excluding carboxylic acids is 2. The van der Waals surface area contributed by atoms with Crippen molar-refractivity contribution >= 4 is 17.5 Å². The third-order valence-corrected chi connectivity index (χ3v) is 7.18. The highest BCUT2D eigenvalue weighted by molar-refractivity contribution is 5.97. The Morgan fingerprint density at radius 2 is 1.70 bits per heavy atom. The van der Waals surface area contributed by atoms with Gasteiger partial charge in [-0.2, -0.15) is 13.2 Å². The van der Waals surface area contributed by atoms with E-state index in [2.05, 4.69) is 45.1 Å². The van der Waals surface area contributed by atoms with Crippen LogP contribution in [0.25, 0.3) is 0 Å². The maximum atomic E-state index is 13.4. The molecule has 2 aliphatic rings. The molecule has 1 saturated carbocycles. The van der Waals surface area contributed by atoms with E-state index in [4.69, 9.17) is 5.11 Å². The number of halogens is 3. The van der Waals surface area contributed by atoms with Gasteiger partial charge in [-0.15, -0.1) is 0 Å². The largest absolute Gasteiger partial charge is 0.418 e. The summed E-state index contributed by atoms with van der Waals surface area (Å²) < 4.78 is 40.1. The molecule has 2 aromatic rings. The molecule has 2 fully saturated rings. The highest BCUT2D eigenvalue weighted by Gasteiger charge is 2.36. The van der Waals surface area contributed by atoms with Crippen molar-refractivity contribution in [2.75, 3.05) is 38.1 Å². The van der Waals surface area contributed by atoms with Crippen LogP contribution < -0.4 is 16.0 Å². The molecule has 200 valence electrons. The van der Waals surface area contributed by atoms with Gasteiger partial charge in [0, 0.05) is 36.9 Å². The van der Waals surface area contributed by atoms with Crippen LogP contribution in [0.3, 0.4) is 0 Å². The number of aliphatic hydroxyl groups is 1. The summed E-state index contributed by atoms with van der Waals surface area (Å²) in [6.07, 6.45) is -0.108. The number of hydrogen-bond donors (Lipinski definition) is 4. The predicted molar refractivity (Wildman–Crippen MR) is 134 cm³/mol. The molecule has 0 aromatic heterocycles. The number of likely N-dealkylation sites (tertiary alicyclic amines) is 1. The van der Waals surface area contributed by atoms with Crippen molar-refractivity contribution in [3.05, 3.63) is 65.2 Å². The predicted octanol–water partition coefficient (Wildman–Crippen LogP) is 3.37. The summed E-state index contributed by atoms with van der Waals surface area (Å²) in [7, 11) is 0. The topological polar surface area (TPSA) is 93.7 Å². The van der Waals surface area contributed by atoms with E-state index in [1.807, 2.05) is 6.07 Å². The summed E-state index contributed by atoms with van der Waals surface area (Å²) in [5, 5.41) is 16.6. The fourth-order valence-corrected chi connectivity index (χ4v) is 5.21. The second-order valence-corrected chi connectivity index (χ2v) is 9.73. The van der Waals surface area contributed by atoms with Crippen molar-refractivity contribution in [2.45, 2.75) is 49.9 Å². The number of benzene rings is 2. The zero-order valence-corrected chi connectivity index (χ0v) is 20.6. The third-order valence-electron chi connectivity index (χ3n) is 7.18. The number of nitrogens with zero attached hydrogens (tertiary/aromatic N) is 1. The Morgan fingerprint density at radius 3 is 2.35 bits per heavy atom. The first-order valence-corrected chi connectivity index (χ1v) is 12.7. The molecule has 7 nitrogen and oxygen atoms in total. The van der Waals surface area contributed by atoms with E-state index in [1.54, 1.807) is 0 Å². The van der Waals surface area contributed by atoms with Gasteiger partial charge in [-0.05, 0) is 55.4 Å². The molecule has 1 aliphatic carbocycles. The monoisotopic (exact) mass is 518 g/mol. The Labute approximate surface area is 214 Å². The van der Waals surface area contributed by atoms with E-state index in [-0.39, 0.29) is 42.9 Å². The van der Waals surface area contributed by atoms with Crippen LogP contribution in [-0.2, 0) is 11.0 Å². The van der Waals surface area contributed by atoms with Crippen LogP contribution >= 0.6 is 0 Å². The molecule has 4 rings (SSSR count). The molecule has 0 radical (unpaired) electrons. The minimum Gasteiger partial charge on any atom is -0.395 e. The fraction of sp³-hybridized carbons (Fsp3) is 0.481. The SMILES string of the molecule is O=C(CNC(=O)c1ccc(NCCO)c(C(F)(F)F)c1)NC1CN(C2CCC(c3ccccc3)CC2)C1. The van der Waals surface area contributed by atoms with E-state index < -0.39 is 17.6 Å². The molecule has 2 amide bonds. The Balaban J connectivity index is 1.19. The second kappa shape index (κ2) is 12.0. The van der Waals surface area contributed by atoms with Gasteiger partial charge >= 0.3 is 6.18 Å². The number of amides is 2. The molecule has 1 aliphatic heterocycles. The van der Waals surface area contributed by atoms with Gasteiger partial charge in [-0.1, -0.05) is 30.3 Å². The summed E-state index contributed by atoms with van der Waals surface area (Å²) in [5.74, 6) is -0.527. The van der Waals surface area contributed by atoms with Crippen molar-refractivity contribution in [1.29, 1.82) is 0 Å². The molecule has 1 saturated heterocycles. The number of hydrogen-bond acceptors (Lipinski definition) is 5. The molecule has 2 aromatic carbocycles. The normalized spacial score (nSPS) is 20.6. The highest BCUT2D eigenvalue weighted by Crippen LogP contribution is 2.36. The molecule has 0 unspecified atom stereocenters. The molecule has 0 spiro atoms. The van der Waals surface area contributed by atoms with Gasteiger partial charge in [0.15, 0.2) is 0 Å². The van der Waals surface area contributed by atoms with Gasteiger partial charge in [0.25, 0.3) is 5.91 Å². The van der Waals surface area contributed by atoms with E-state index in [0.717, 1.165) is 50.9 Å². The number of nitrogens with one attached hydrogen (secondary N) is 3. The quantitative estimate of drug-likeness (QED) is 0.409. The van der Waals surface area contributed by atoms with Crippen LogP contribution in [0.5, 0.6) is 0 Å². The Kier molecular flexibility index (Phi) is 8.71. The molecular formula is C27H33F3N4O3. The lowest BCUT2D eigenvalue weighted by Crippen LogP contribution is -2.63. The zero-order valence-electron chi connectivity index (χ0n) is 20.6. The molecule has 10 heteroatoms. The first kappa shape index (κ1) is 26.9. The standard InChI is InChI=1S/C27H33F3N4O3/c28-27(29,30)23-14-20(8-11-24(23)31-12-13-35)26(37)32-15-25(36)33-21-16-34(17-21)22-9-6-19(7-10-22)18-4-2-1-3-5-18/h1-5,8,11,14,19,21-22,31,35H,6-7,9-10,12-13,15-17H2,(H,32,37)(H,33,36). The number of alkyl halides is 3. The van der Waals surface area contributed by atoms with E-state index in [1.165, 1.54) is 11.6 Å². The lowest BCUT2D eigenvalue weighted by Gasteiger charge is -2.46. The lowest BCUT2D eigenvalue weighted by molar-refractivity contribution is -0.137. The average Bonchev–Trinajstić information content (AvgIpc) is 2.88. The molecule has 1 heterocycles. The van der Waals surface area contributed by atoms with Gasteiger partial charge < -0.3 is 21.1 Å². The third kappa shape index (κ3) is 7.01. The minimum absolute atomic E-state index is 0.00460. The van der Waals surface area contributed by atoms with Crippen LogP contribution in [0.15, 0.2) is 48.5 Å². The summed E-state index contributed by atoms with van der Waals surface area (Å²) in [6.45, 7) is 0.823. The van der Waals surface area contributed by atoms with Crippen LogP contribution in [0.4, 0.5) is 18.9 Å². The van der Waals surface area contributed by atoms with Crippen LogP contribution in [-0.4, -0.2) is 66.7 Å². The maximum absolute atomic E-state index is 13.4. The smallest absolute Gasteiger partial charge is 0.395 e. The first-order valence-electron chi connectivity index (χ1n) is 12.7. The summed E-state index contributed by atoms with van der Waals surface area (Å²) >= 11 is 0. The van der Waals surface area contributed by atoms with Gasteiger partial charge in [0.05, 0.1) is 24.8 Å². The minimum atomic E-state index is -4.68. The fourth-order valence-electron chi connectivity index (χ4n) is 5.21. The molecule has 37 heavy (non-hydrogen) atoms. The Hall–Kier alpha value is -3.11. The van der Waals surface area contributed by atoms with Gasteiger partial charge in [0.2, 0.25) is 5.91 Å². The molecular weight excluding hydrogens is 485 g/mol. The molecule has 4 N–H and O–H groups in total. The number of carbonyl (C=O) groups is 2. The van der Waals surface area contributed by atoms with Gasteiger partial charge in [-0.25, -0.2) is 0 Å². The van der Waals surface area contributed by atoms with Crippen LogP contribution in [0.2, 0.25) is 0 Å². The maximum Gasteiger partial charge on any atom is 0.418 e. The first-order chi connectivity index (χ1) is 17.7.